The monoisotopic (exact) mass is 309 g/mol. The molecule has 1 aromatic heterocycles. The van der Waals surface area contributed by atoms with E-state index in [0.29, 0.717) is 11.4 Å². The molecule has 21 heavy (non-hydrogen) atoms. The number of carbonyl (C=O) groups is 2. The van der Waals surface area contributed by atoms with Crippen LogP contribution in [0.25, 0.3) is 0 Å². The van der Waals surface area contributed by atoms with E-state index in [-0.39, 0.29) is 23.8 Å². The molecule has 6 heteroatoms. The smallest absolute Gasteiger partial charge is 0.264 e. The molecule has 1 saturated heterocycles. The molecule has 0 aromatic carbocycles. The van der Waals surface area contributed by atoms with Crippen LogP contribution in [0.5, 0.6) is 0 Å². The summed E-state index contributed by atoms with van der Waals surface area (Å²) < 4.78 is 0. The lowest BCUT2D eigenvalue weighted by atomic mass is 9.81. The maximum atomic E-state index is 12.1. The second kappa shape index (κ2) is 7.04. The summed E-state index contributed by atoms with van der Waals surface area (Å²) in [4.78, 5) is 26.2. The van der Waals surface area contributed by atoms with E-state index in [9.17, 15) is 9.59 Å². The Balaban J connectivity index is 1.77. The van der Waals surface area contributed by atoms with Gasteiger partial charge in [0.25, 0.3) is 5.91 Å². The van der Waals surface area contributed by atoms with Gasteiger partial charge in [0.05, 0.1) is 11.4 Å². The molecule has 0 radical (unpaired) electrons. The van der Waals surface area contributed by atoms with E-state index in [1.54, 1.807) is 13.1 Å². The lowest BCUT2D eigenvalue weighted by molar-refractivity contribution is -0.122. The van der Waals surface area contributed by atoms with Gasteiger partial charge in [-0.3, -0.25) is 9.59 Å². The third-order valence-corrected chi connectivity index (χ3v) is 4.84. The number of rotatable bonds is 5. The Labute approximate surface area is 129 Å². The lowest BCUT2D eigenvalue weighted by Gasteiger charge is -2.34. The first-order chi connectivity index (χ1) is 10.0. The maximum absolute atomic E-state index is 12.1. The highest BCUT2D eigenvalue weighted by Crippen LogP contribution is 2.26. The molecule has 0 saturated carbocycles. The zero-order valence-electron chi connectivity index (χ0n) is 12.6. The van der Waals surface area contributed by atoms with Gasteiger partial charge >= 0.3 is 0 Å². The number of likely N-dealkylation sites (N-methyl/N-ethyl adjacent to an activating group) is 1. The molecule has 0 aliphatic carbocycles. The molecule has 0 bridgehead atoms. The van der Waals surface area contributed by atoms with Crippen molar-refractivity contribution in [2.45, 2.75) is 19.8 Å². The molecular weight excluding hydrogens is 286 g/mol. The molecule has 0 atom stereocenters. The molecular formula is C15H23N3O2S. The van der Waals surface area contributed by atoms with Crippen LogP contribution in [0, 0.1) is 5.41 Å². The van der Waals surface area contributed by atoms with Crippen molar-refractivity contribution in [2.24, 2.45) is 5.41 Å². The lowest BCUT2D eigenvalue weighted by Crippen LogP contribution is -2.45. The minimum absolute atomic E-state index is 0.0952. The van der Waals surface area contributed by atoms with Crippen LogP contribution in [0.15, 0.2) is 17.5 Å². The molecule has 0 unspecified atom stereocenters. The van der Waals surface area contributed by atoms with Gasteiger partial charge < -0.3 is 15.5 Å². The Morgan fingerprint density at radius 3 is 2.76 bits per heavy atom. The first kappa shape index (κ1) is 16.0. The normalized spacial score (nSPS) is 17.2. The summed E-state index contributed by atoms with van der Waals surface area (Å²) in [5.74, 6) is -0.199. The van der Waals surface area contributed by atoms with Crippen LogP contribution < -0.4 is 10.6 Å². The third kappa shape index (κ3) is 4.54. The highest BCUT2D eigenvalue weighted by Gasteiger charge is 2.27. The van der Waals surface area contributed by atoms with Crippen LogP contribution in [0.4, 0.5) is 0 Å². The fourth-order valence-corrected chi connectivity index (χ4v) is 3.17. The Morgan fingerprint density at radius 2 is 2.14 bits per heavy atom. The highest BCUT2D eigenvalue weighted by atomic mass is 32.1. The van der Waals surface area contributed by atoms with E-state index in [2.05, 4.69) is 17.6 Å². The van der Waals surface area contributed by atoms with E-state index in [4.69, 9.17) is 0 Å². The minimum atomic E-state index is -0.103. The molecule has 116 valence electrons. The number of nitrogens with one attached hydrogen (secondary N) is 2. The van der Waals surface area contributed by atoms with Gasteiger partial charge in [0.2, 0.25) is 5.91 Å². The topological polar surface area (TPSA) is 61.4 Å². The summed E-state index contributed by atoms with van der Waals surface area (Å²) in [6, 6.07) is 3.61. The largest absolute Gasteiger partial charge is 0.354 e. The Morgan fingerprint density at radius 1 is 1.43 bits per heavy atom. The molecule has 1 aromatic rings. The molecule has 1 aliphatic heterocycles. The Hall–Kier alpha value is -1.40. The second-order valence-electron chi connectivity index (χ2n) is 5.98. The number of nitrogens with zero attached hydrogens (tertiary/aromatic N) is 1. The third-order valence-electron chi connectivity index (χ3n) is 3.98. The Kier molecular flexibility index (Phi) is 5.36. The van der Waals surface area contributed by atoms with Crippen molar-refractivity contribution in [1.29, 1.82) is 0 Å². The van der Waals surface area contributed by atoms with Crippen molar-refractivity contribution in [3.8, 4) is 0 Å². The van der Waals surface area contributed by atoms with Crippen molar-refractivity contribution in [2.75, 3.05) is 33.2 Å². The number of hydrogen-bond donors (Lipinski definition) is 2. The summed E-state index contributed by atoms with van der Waals surface area (Å²) in [7, 11) is 1.66. The number of piperidine rings is 1. The van der Waals surface area contributed by atoms with E-state index in [0.717, 1.165) is 25.9 Å². The predicted molar refractivity (Wildman–Crippen MR) is 84.5 cm³/mol. The van der Waals surface area contributed by atoms with Gasteiger partial charge in [-0.2, -0.15) is 0 Å². The summed E-state index contributed by atoms with van der Waals surface area (Å²) in [6.45, 7) is 4.99. The van der Waals surface area contributed by atoms with E-state index in [1.165, 1.54) is 16.2 Å². The van der Waals surface area contributed by atoms with Crippen molar-refractivity contribution < 1.29 is 9.59 Å². The van der Waals surface area contributed by atoms with Crippen LogP contribution in [0.2, 0.25) is 0 Å². The van der Waals surface area contributed by atoms with E-state index >= 15 is 0 Å². The standard InChI is InChI=1S/C15H23N3O2S/c1-15(5-7-16-8-6-15)11-17-13(19)10-18(2)14(20)12-4-3-9-21-12/h3-4,9,16H,5-8,10-11H2,1-2H3,(H,17,19). The molecule has 2 rings (SSSR count). The first-order valence-electron chi connectivity index (χ1n) is 7.27. The summed E-state index contributed by atoms with van der Waals surface area (Å²) in [6.07, 6.45) is 2.13. The molecule has 0 spiro atoms. The van der Waals surface area contributed by atoms with E-state index in [1.807, 2.05) is 11.4 Å². The molecule has 1 fully saturated rings. The molecule has 2 N–H and O–H groups in total. The van der Waals surface area contributed by atoms with Crippen LogP contribution in [0.1, 0.15) is 29.4 Å². The number of hydrogen-bond acceptors (Lipinski definition) is 4. The number of amides is 2. The summed E-state index contributed by atoms with van der Waals surface area (Å²) in [5, 5.41) is 8.15. The average molecular weight is 309 g/mol. The van der Waals surface area contributed by atoms with Gasteiger partial charge in [-0.25, -0.2) is 0 Å². The van der Waals surface area contributed by atoms with Crippen molar-refractivity contribution in [3.05, 3.63) is 22.4 Å². The van der Waals surface area contributed by atoms with Crippen molar-refractivity contribution in [3.63, 3.8) is 0 Å². The van der Waals surface area contributed by atoms with Crippen molar-refractivity contribution in [1.82, 2.24) is 15.5 Å². The van der Waals surface area contributed by atoms with Crippen LogP contribution in [-0.2, 0) is 4.79 Å². The summed E-state index contributed by atoms with van der Waals surface area (Å²) in [5.41, 5.74) is 0.164. The van der Waals surface area contributed by atoms with Gasteiger partial charge in [-0.15, -0.1) is 11.3 Å². The van der Waals surface area contributed by atoms with Gasteiger partial charge in [0.15, 0.2) is 0 Å². The first-order valence-corrected chi connectivity index (χ1v) is 8.14. The van der Waals surface area contributed by atoms with E-state index < -0.39 is 0 Å². The zero-order chi connectivity index (χ0) is 15.3. The van der Waals surface area contributed by atoms with Crippen LogP contribution in [-0.4, -0.2) is 49.9 Å². The maximum Gasteiger partial charge on any atom is 0.264 e. The van der Waals surface area contributed by atoms with Gasteiger partial charge in [0.1, 0.15) is 0 Å². The predicted octanol–water partition coefficient (Wildman–Crippen LogP) is 1.33. The quantitative estimate of drug-likeness (QED) is 0.862. The SMILES string of the molecule is CN(CC(=O)NCC1(C)CCNCC1)C(=O)c1cccs1. The molecule has 2 amide bonds. The van der Waals surface area contributed by atoms with Crippen molar-refractivity contribution >= 4 is 23.2 Å². The number of thiophene rings is 1. The number of carbonyl (C=O) groups excluding carboxylic acids is 2. The van der Waals surface area contributed by atoms with Crippen LogP contribution in [0.3, 0.4) is 0 Å². The fraction of sp³-hybridized carbons (Fsp3) is 0.600. The zero-order valence-corrected chi connectivity index (χ0v) is 13.5. The average Bonchev–Trinajstić information content (AvgIpc) is 2.99. The molecule has 1 aliphatic rings. The van der Waals surface area contributed by atoms with Gasteiger partial charge in [0, 0.05) is 13.6 Å². The minimum Gasteiger partial charge on any atom is -0.354 e. The van der Waals surface area contributed by atoms with Gasteiger partial charge in [-0.1, -0.05) is 13.0 Å². The fourth-order valence-electron chi connectivity index (χ4n) is 2.45. The second-order valence-corrected chi connectivity index (χ2v) is 6.92. The Bertz CT molecular complexity index is 481. The molecule has 2 heterocycles. The van der Waals surface area contributed by atoms with Crippen LogP contribution >= 0.6 is 11.3 Å². The molecule has 5 nitrogen and oxygen atoms in total. The highest BCUT2D eigenvalue weighted by molar-refractivity contribution is 7.12. The van der Waals surface area contributed by atoms with Gasteiger partial charge in [-0.05, 0) is 42.8 Å². The summed E-state index contributed by atoms with van der Waals surface area (Å²) >= 11 is 1.39.